The quantitative estimate of drug-likeness (QED) is 0.706. The van der Waals surface area contributed by atoms with E-state index in [1.807, 2.05) is 6.20 Å². The summed E-state index contributed by atoms with van der Waals surface area (Å²) >= 11 is 0. The van der Waals surface area contributed by atoms with E-state index in [2.05, 4.69) is 17.2 Å². The summed E-state index contributed by atoms with van der Waals surface area (Å²) in [5, 5.41) is 3.34. The Hall–Kier alpha value is -0.870. The number of aromatic nitrogens is 1. The number of aryl methyl sites for hydroxylation is 1. The molecule has 1 aromatic heterocycles. The van der Waals surface area contributed by atoms with Crippen LogP contribution in [0.5, 0.6) is 0 Å². The molecule has 0 unspecified atom stereocenters. The Labute approximate surface area is 122 Å². The van der Waals surface area contributed by atoms with Gasteiger partial charge in [0.2, 0.25) is 0 Å². The van der Waals surface area contributed by atoms with Crippen LogP contribution in [-0.2, 0) is 16.6 Å². The van der Waals surface area contributed by atoms with Crippen molar-refractivity contribution < 1.29 is 9.15 Å². The summed E-state index contributed by atoms with van der Waals surface area (Å²) in [5.41, 5.74) is 0.280. The van der Waals surface area contributed by atoms with Crippen molar-refractivity contribution >= 4 is 0 Å². The maximum absolute atomic E-state index is 6.03. The molecule has 0 radical (unpaired) electrons. The maximum Gasteiger partial charge on any atom is 0.194 e. The average Bonchev–Trinajstić information content (AvgIpc) is 3.12. The Balaban J connectivity index is 1.77. The Morgan fingerprint density at radius 1 is 1.35 bits per heavy atom. The maximum atomic E-state index is 6.03. The molecule has 0 bridgehead atoms. The highest BCUT2D eigenvalue weighted by Crippen LogP contribution is 2.43. The van der Waals surface area contributed by atoms with E-state index in [0.29, 0.717) is 0 Å². The molecule has 1 fully saturated rings. The van der Waals surface area contributed by atoms with Crippen LogP contribution in [0.2, 0.25) is 0 Å². The molecule has 4 nitrogen and oxygen atoms in total. The van der Waals surface area contributed by atoms with Gasteiger partial charge in [0.05, 0.1) is 12.8 Å². The van der Waals surface area contributed by atoms with Gasteiger partial charge < -0.3 is 14.5 Å². The van der Waals surface area contributed by atoms with E-state index in [1.54, 1.807) is 7.11 Å². The van der Waals surface area contributed by atoms with Gasteiger partial charge in [-0.05, 0) is 32.2 Å². The number of rotatable bonds is 9. The van der Waals surface area contributed by atoms with Crippen LogP contribution in [0.3, 0.4) is 0 Å². The Morgan fingerprint density at radius 2 is 2.15 bits per heavy atom. The van der Waals surface area contributed by atoms with E-state index in [4.69, 9.17) is 9.15 Å². The standard InChI is InChI=1S/C16H28N2O2/c1-3-16(8-4-5-9-16)14-13-18-15(20-14)7-6-10-17-11-12-19-2/h13,17H,3-12H2,1-2H3. The highest BCUT2D eigenvalue weighted by atomic mass is 16.5. The molecule has 0 amide bonds. The number of oxazole rings is 1. The molecular weight excluding hydrogens is 252 g/mol. The summed E-state index contributed by atoms with van der Waals surface area (Å²) in [6.45, 7) is 4.93. The molecule has 1 aromatic rings. The molecule has 4 heteroatoms. The monoisotopic (exact) mass is 280 g/mol. The molecule has 1 heterocycles. The first-order chi connectivity index (χ1) is 9.80. The number of nitrogens with one attached hydrogen (secondary N) is 1. The van der Waals surface area contributed by atoms with Crippen molar-refractivity contribution in [2.24, 2.45) is 0 Å². The van der Waals surface area contributed by atoms with Gasteiger partial charge in [-0.25, -0.2) is 4.98 Å². The lowest BCUT2D eigenvalue weighted by Gasteiger charge is -2.23. The fourth-order valence-electron chi connectivity index (χ4n) is 3.16. The second-order valence-corrected chi connectivity index (χ2v) is 5.81. The fourth-order valence-corrected chi connectivity index (χ4v) is 3.16. The van der Waals surface area contributed by atoms with Gasteiger partial charge in [0, 0.05) is 25.5 Å². The van der Waals surface area contributed by atoms with Gasteiger partial charge in [-0.1, -0.05) is 19.8 Å². The minimum Gasteiger partial charge on any atom is -0.445 e. The van der Waals surface area contributed by atoms with Crippen molar-refractivity contribution in [3.63, 3.8) is 0 Å². The summed E-state index contributed by atoms with van der Waals surface area (Å²) in [5.74, 6) is 2.02. The van der Waals surface area contributed by atoms with Gasteiger partial charge in [-0.3, -0.25) is 0 Å². The third-order valence-electron chi connectivity index (χ3n) is 4.54. The number of ether oxygens (including phenoxy) is 1. The molecule has 0 aromatic carbocycles. The van der Waals surface area contributed by atoms with E-state index in [0.717, 1.165) is 44.2 Å². The molecule has 0 aliphatic heterocycles. The van der Waals surface area contributed by atoms with E-state index in [-0.39, 0.29) is 5.41 Å². The van der Waals surface area contributed by atoms with Gasteiger partial charge in [0.15, 0.2) is 5.89 Å². The van der Waals surface area contributed by atoms with E-state index < -0.39 is 0 Å². The second-order valence-electron chi connectivity index (χ2n) is 5.81. The summed E-state index contributed by atoms with van der Waals surface area (Å²) < 4.78 is 11.0. The molecule has 1 aliphatic rings. The van der Waals surface area contributed by atoms with Gasteiger partial charge in [0.25, 0.3) is 0 Å². The molecule has 114 valence electrons. The van der Waals surface area contributed by atoms with Crippen LogP contribution in [0.15, 0.2) is 10.6 Å². The summed E-state index contributed by atoms with van der Waals surface area (Å²) in [6, 6.07) is 0. The lowest BCUT2D eigenvalue weighted by molar-refractivity contribution is 0.199. The number of methoxy groups -OCH3 is 1. The molecule has 1 saturated carbocycles. The van der Waals surface area contributed by atoms with Gasteiger partial charge >= 0.3 is 0 Å². The highest BCUT2D eigenvalue weighted by molar-refractivity contribution is 5.13. The van der Waals surface area contributed by atoms with Crippen molar-refractivity contribution in [1.82, 2.24) is 10.3 Å². The zero-order chi connectivity index (χ0) is 14.3. The molecule has 20 heavy (non-hydrogen) atoms. The zero-order valence-corrected chi connectivity index (χ0v) is 12.9. The smallest absolute Gasteiger partial charge is 0.194 e. The largest absolute Gasteiger partial charge is 0.445 e. The molecule has 0 spiro atoms. The van der Waals surface area contributed by atoms with Gasteiger partial charge in [0.1, 0.15) is 5.76 Å². The topological polar surface area (TPSA) is 47.3 Å². The first-order valence-electron chi connectivity index (χ1n) is 7.95. The average molecular weight is 280 g/mol. The van der Waals surface area contributed by atoms with Crippen molar-refractivity contribution in [2.75, 3.05) is 26.8 Å². The highest BCUT2D eigenvalue weighted by Gasteiger charge is 2.37. The van der Waals surface area contributed by atoms with Crippen LogP contribution in [0.25, 0.3) is 0 Å². The lowest BCUT2D eigenvalue weighted by Crippen LogP contribution is -2.20. The van der Waals surface area contributed by atoms with Crippen LogP contribution in [0.4, 0.5) is 0 Å². The fraction of sp³-hybridized carbons (Fsp3) is 0.812. The third kappa shape index (κ3) is 3.83. The molecular formula is C16H28N2O2. The van der Waals surface area contributed by atoms with Crippen LogP contribution < -0.4 is 5.32 Å². The minimum absolute atomic E-state index is 0.280. The lowest BCUT2D eigenvalue weighted by atomic mass is 9.81. The third-order valence-corrected chi connectivity index (χ3v) is 4.54. The van der Waals surface area contributed by atoms with Crippen molar-refractivity contribution in [3.05, 3.63) is 17.8 Å². The SMILES string of the molecule is CCC1(c2cnc(CCCNCCOC)o2)CCCC1. The van der Waals surface area contributed by atoms with Crippen molar-refractivity contribution in [2.45, 2.75) is 57.3 Å². The summed E-state index contributed by atoms with van der Waals surface area (Å²) in [7, 11) is 1.72. The second kappa shape index (κ2) is 7.79. The number of hydrogen-bond donors (Lipinski definition) is 1. The van der Waals surface area contributed by atoms with Crippen molar-refractivity contribution in [1.29, 1.82) is 0 Å². The number of hydrogen-bond acceptors (Lipinski definition) is 4. The van der Waals surface area contributed by atoms with Crippen molar-refractivity contribution in [3.8, 4) is 0 Å². The van der Waals surface area contributed by atoms with Crippen LogP contribution in [0, 0.1) is 0 Å². The number of nitrogens with zero attached hydrogens (tertiary/aromatic N) is 1. The van der Waals surface area contributed by atoms with E-state index in [1.165, 1.54) is 32.1 Å². The van der Waals surface area contributed by atoms with Crippen LogP contribution in [-0.4, -0.2) is 31.8 Å². The summed E-state index contributed by atoms with van der Waals surface area (Å²) in [4.78, 5) is 4.47. The van der Waals surface area contributed by atoms with Crippen LogP contribution in [0.1, 0.15) is 57.1 Å². The molecule has 1 aliphatic carbocycles. The minimum atomic E-state index is 0.280. The molecule has 2 rings (SSSR count). The van der Waals surface area contributed by atoms with Crippen LogP contribution >= 0.6 is 0 Å². The molecule has 0 atom stereocenters. The Kier molecular flexibility index (Phi) is 6.05. The zero-order valence-electron chi connectivity index (χ0n) is 12.9. The molecule has 1 N–H and O–H groups in total. The van der Waals surface area contributed by atoms with E-state index >= 15 is 0 Å². The predicted octanol–water partition coefficient (Wildman–Crippen LogP) is 3.07. The van der Waals surface area contributed by atoms with Gasteiger partial charge in [-0.2, -0.15) is 0 Å². The Morgan fingerprint density at radius 3 is 2.85 bits per heavy atom. The predicted molar refractivity (Wildman–Crippen MR) is 80.0 cm³/mol. The first-order valence-corrected chi connectivity index (χ1v) is 7.95. The van der Waals surface area contributed by atoms with Gasteiger partial charge in [-0.15, -0.1) is 0 Å². The Bertz CT molecular complexity index is 384. The first kappa shape index (κ1) is 15.5. The normalized spacial score (nSPS) is 17.7. The van der Waals surface area contributed by atoms with E-state index in [9.17, 15) is 0 Å². The summed E-state index contributed by atoms with van der Waals surface area (Å²) in [6.07, 6.45) is 10.3. The molecule has 0 saturated heterocycles.